The Morgan fingerprint density at radius 2 is 1.44 bits per heavy atom. The van der Waals surface area contributed by atoms with Gasteiger partial charge in [0.25, 0.3) is 0 Å². The van der Waals surface area contributed by atoms with Gasteiger partial charge in [0.1, 0.15) is 12.1 Å². The molecule has 0 amide bonds. The molecule has 0 radical (unpaired) electrons. The van der Waals surface area contributed by atoms with E-state index in [1.54, 1.807) is 13.8 Å². The van der Waals surface area contributed by atoms with Gasteiger partial charge in [-0.1, -0.05) is 13.8 Å². The average Bonchev–Trinajstić information content (AvgIpc) is 2.53. The molecule has 0 aliphatic carbocycles. The zero-order valence-electron chi connectivity index (χ0n) is 15.6. The van der Waals surface area contributed by atoms with Crippen molar-refractivity contribution in [2.24, 2.45) is 40.5 Å². The molecular weight excluding hydrogens is 362 g/mol. The van der Waals surface area contributed by atoms with E-state index in [-0.39, 0.29) is 31.7 Å². The predicted octanol–water partition coefficient (Wildman–Crippen LogP) is -2.74. The topological polar surface area (TPSA) is 262 Å². The summed E-state index contributed by atoms with van der Waals surface area (Å²) >= 11 is 0. The van der Waals surface area contributed by atoms with Gasteiger partial charge in [-0.15, -0.1) is 0 Å². The minimum atomic E-state index is -2.05. The van der Waals surface area contributed by atoms with E-state index in [4.69, 9.17) is 44.0 Å². The van der Waals surface area contributed by atoms with Crippen LogP contribution in [0, 0.1) is 11.8 Å². The average molecular weight is 395 g/mol. The highest BCUT2D eigenvalue weighted by molar-refractivity contribution is 5.77. The standard InChI is InChI=1S/C10H22N4O5.C5H11NO2/c11-4-5(1-2-6(12)8(16)17)7(15)3-10(13,14)9(18)19;1-3(2)4(6)5(7)8/h5-7,15H,1-4,11-14H2,(H,16,17)(H,18,19);3-4H,6H2,1-2H3,(H,7,8)/t5?,6-,7?;4-/m00/s1. The molecule has 0 aromatic rings. The van der Waals surface area contributed by atoms with E-state index in [1.165, 1.54) is 0 Å². The largest absolute Gasteiger partial charge is 0.480 e. The smallest absolute Gasteiger partial charge is 0.338 e. The summed E-state index contributed by atoms with van der Waals surface area (Å²) in [4.78, 5) is 31.3. The van der Waals surface area contributed by atoms with Crippen LogP contribution in [0.15, 0.2) is 0 Å². The van der Waals surface area contributed by atoms with Crippen molar-refractivity contribution in [1.82, 2.24) is 0 Å². The highest BCUT2D eigenvalue weighted by Gasteiger charge is 2.34. The van der Waals surface area contributed by atoms with Crippen LogP contribution in [-0.2, 0) is 14.4 Å². The van der Waals surface area contributed by atoms with Crippen LogP contribution in [0.1, 0.15) is 33.1 Å². The first kappa shape index (κ1) is 27.4. The van der Waals surface area contributed by atoms with E-state index in [2.05, 4.69) is 0 Å². The molecule has 0 bridgehead atoms. The van der Waals surface area contributed by atoms with Crippen LogP contribution in [0.25, 0.3) is 0 Å². The minimum Gasteiger partial charge on any atom is -0.480 e. The van der Waals surface area contributed by atoms with Crippen LogP contribution in [0.2, 0.25) is 0 Å². The Labute approximate surface area is 157 Å². The van der Waals surface area contributed by atoms with Crippen molar-refractivity contribution in [3.63, 3.8) is 0 Å². The molecule has 27 heavy (non-hydrogen) atoms. The van der Waals surface area contributed by atoms with Crippen molar-refractivity contribution in [3.05, 3.63) is 0 Å². The summed E-state index contributed by atoms with van der Waals surface area (Å²) in [6.07, 6.45) is -1.17. The van der Waals surface area contributed by atoms with Crippen molar-refractivity contribution in [1.29, 1.82) is 0 Å². The molecule has 0 aromatic carbocycles. The van der Waals surface area contributed by atoms with Gasteiger partial charge in [0, 0.05) is 6.42 Å². The number of carboxylic acid groups (broad SMARTS) is 3. The second kappa shape index (κ2) is 12.5. The van der Waals surface area contributed by atoms with Crippen molar-refractivity contribution in [3.8, 4) is 0 Å². The second-order valence-corrected chi connectivity index (χ2v) is 6.74. The maximum Gasteiger partial charge on any atom is 0.338 e. The molecule has 0 fully saturated rings. The third-order valence-corrected chi connectivity index (χ3v) is 3.96. The highest BCUT2D eigenvalue weighted by Crippen LogP contribution is 2.17. The number of carbonyl (C=O) groups is 3. The summed E-state index contributed by atoms with van der Waals surface area (Å²) in [5, 5.41) is 35.5. The SMILES string of the molecule is CC(C)[C@H](N)C(=O)O.NCC(CC[C@H](N)C(=O)O)C(O)CC(N)(N)C(=O)O. The molecule has 0 heterocycles. The normalized spacial score (nSPS) is 15.9. The Morgan fingerprint density at radius 1 is 0.963 bits per heavy atom. The van der Waals surface area contributed by atoms with Crippen LogP contribution >= 0.6 is 0 Å². The van der Waals surface area contributed by atoms with E-state index in [9.17, 15) is 19.5 Å². The maximum atomic E-state index is 10.7. The fraction of sp³-hybridized carbons (Fsp3) is 0.800. The number of aliphatic carboxylic acids is 3. The van der Waals surface area contributed by atoms with Crippen molar-refractivity contribution < 1.29 is 34.8 Å². The Morgan fingerprint density at radius 3 is 1.70 bits per heavy atom. The Bertz CT molecular complexity index is 487. The molecule has 0 saturated carbocycles. The number of hydrogen-bond acceptors (Lipinski definition) is 9. The van der Waals surface area contributed by atoms with Crippen LogP contribution in [0.5, 0.6) is 0 Å². The maximum absolute atomic E-state index is 10.7. The third kappa shape index (κ3) is 11.5. The molecule has 2 unspecified atom stereocenters. The number of hydrogen-bond donors (Lipinski definition) is 9. The lowest BCUT2D eigenvalue weighted by atomic mass is 9.89. The van der Waals surface area contributed by atoms with E-state index in [0.717, 1.165) is 0 Å². The number of rotatable bonds is 11. The molecular formula is C15H33N5O7. The van der Waals surface area contributed by atoms with E-state index < -0.39 is 47.7 Å². The summed E-state index contributed by atoms with van der Waals surface area (Å²) in [6, 6.07) is -1.77. The first-order chi connectivity index (χ1) is 12.2. The molecule has 0 spiro atoms. The lowest BCUT2D eigenvalue weighted by molar-refractivity contribution is -0.145. The highest BCUT2D eigenvalue weighted by atomic mass is 16.4. The van der Waals surface area contributed by atoms with Crippen LogP contribution in [-0.4, -0.2) is 68.7 Å². The molecule has 160 valence electrons. The summed E-state index contributed by atoms with van der Waals surface area (Å²) in [7, 11) is 0. The van der Waals surface area contributed by atoms with Crippen LogP contribution < -0.4 is 28.7 Å². The van der Waals surface area contributed by atoms with Gasteiger partial charge >= 0.3 is 17.9 Å². The van der Waals surface area contributed by atoms with Crippen molar-refractivity contribution in [2.45, 2.75) is 57.0 Å². The Hall–Kier alpha value is -1.83. The predicted molar refractivity (Wildman–Crippen MR) is 97.2 cm³/mol. The lowest BCUT2D eigenvalue weighted by Gasteiger charge is -2.28. The van der Waals surface area contributed by atoms with Gasteiger partial charge < -0.3 is 49.1 Å². The van der Waals surface area contributed by atoms with Gasteiger partial charge in [0.05, 0.1) is 6.10 Å². The second-order valence-electron chi connectivity index (χ2n) is 6.74. The molecule has 12 nitrogen and oxygen atoms in total. The van der Waals surface area contributed by atoms with E-state index >= 15 is 0 Å². The summed E-state index contributed by atoms with van der Waals surface area (Å²) < 4.78 is 0. The number of carboxylic acids is 3. The molecule has 4 atom stereocenters. The molecule has 0 aromatic heterocycles. The number of aliphatic hydroxyl groups excluding tert-OH is 1. The minimum absolute atomic E-state index is 0.0208. The first-order valence-electron chi connectivity index (χ1n) is 8.33. The van der Waals surface area contributed by atoms with Gasteiger partial charge in [-0.3, -0.25) is 9.59 Å². The summed E-state index contributed by atoms with van der Waals surface area (Å²) in [5.41, 5.74) is 24.5. The lowest BCUT2D eigenvalue weighted by Crippen LogP contribution is -2.59. The zero-order chi connectivity index (χ0) is 21.9. The van der Waals surface area contributed by atoms with Gasteiger partial charge in [0.15, 0.2) is 5.66 Å². The monoisotopic (exact) mass is 395 g/mol. The quantitative estimate of drug-likeness (QED) is 0.161. The van der Waals surface area contributed by atoms with Gasteiger partial charge in [-0.2, -0.15) is 0 Å². The van der Waals surface area contributed by atoms with Gasteiger partial charge in [-0.05, 0) is 31.2 Å². The van der Waals surface area contributed by atoms with Gasteiger partial charge in [-0.25, -0.2) is 4.79 Å². The first-order valence-corrected chi connectivity index (χ1v) is 8.33. The van der Waals surface area contributed by atoms with E-state index in [0.29, 0.717) is 0 Å². The molecule has 0 aliphatic rings. The van der Waals surface area contributed by atoms with Crippen molar-refractivity contribution in [2.75, 3.05) is 6.54 Å². The molecule has 0 rings (SSSR count). The van der Waals surface area contributed by atoms with E-state index in [1.807, 2.05) is 0 Å². The molecule has 0 saturated heterocycles. The van der Waals surface area contributed by atoms with Crippen LogP contribution in [0.3, 0.4) is 0 Å². The Kier molecular flexibility index (Phi) is 12.7. The Balaban J connectivity index is 0. The third-order valence-electron chi connectivity index (χ3n) is 3.96. The van der Waals surface area contributed by atoms with Gasteiger partial charge in [0.2, 0.25) is 0 Å². The summed E-state index contributed by atoms with van der Waals surface area (Å²) in [5.74, 6) is -4.02. The number of nitrogens with two attached hydrogens (primary N) is 5. The molecule has 0 aliphatic heterocycles. The zero-order valence-corrected chi connectivity index (χ0v) is 15.6. The fourth-order valence-corrected chi connectivity index (χ4v) is 1.87. The summed E-state index contributed by atoms with van der Waals surface area (Å²) in [6.45, 7) is 3.60. The fourth-order valence-electron chi connectivity index (χ4n) is 1.87. The van der Waals surface area contributed by atoms with Crippen molar-refractivity contribution >= 4 is 17.9 Å². The number of aliphatic hydroxyl groups is 1. The molecule has 14 N–H and O–H groups in total. The van der Waals surface area contributed by atoms with Crippen LogP contribution in [0.4, 0.5) is 0 Å². The molecule has 12 heteroatoms.